The number of aliphatic hydroxyl groups excluding tert-OH is 1. The molecule has 0 heterocycles. The maximum Gasteiger partial charge on any atom is 0.238 e. The van der Waals surface area contributed by atoms with E-state index in [-0.39, 0.29) is 12.5 Å². The molecule has 0 fully saturated rings. The lowest BCUT2D eigenvalue weighted by Gasteiger charge is -2.18. The fourth-order valence-electron chi connectivity index (χ4n) is 1.90. The summed E-state index contributed by atoms with van der Waals surface area (Å²) in [6, 6.07) is 5.93. The number of hydrogen-bond acceptors (Lipinski definition) is 3. The van der Waals surface area contributed by atoms with Gasteiger partial charge in [0.1, 0.15) is 0 Å². The van der Waals surface area contributed by atoms with E-state index in [0.29, 0.717) is 6.54 Å². The minimum atomic E-state index is -0.427. The van der Waals surface area contributed by atoms with Crippen molar-refractivity contribution in [2.45, 2.75) is 26.9 Å². The normalized spacial score (nSPS) is 12.6. The molecule has 1 amide bonds. The molecule has 0 spiro atoms. The van der Waals surface area contributed by atoms with Crippen LogP contribution in [0.1, 0.15) is 18.1 Å². The standard InChI is InChI=1S/C14H22N2O2/c1-10-5-6-13(11(2)7-10)15-14(18)9-16(4)8-12(3)17/h5-7,12,17H,8-9H2,1-4H3,(H,15,18). The second-order valence-electron chi connectivity index (χ2n) is 4.91. The van der Waals surface area contributed by atoms with Crippen LogP contribution in [0.3, 0.4) is 0 Å². The van der Waals surface area contributed by atoms with Gasteiger partial charge in [0.2, 0.25) is 5.91 Å². The monoisotopic (exact) mass is 250 g/mol. The van der Waals surface area contributed by atoms with Crippen LogP contribution in [-0.2, 0) is 4.79 Å². The Labute approximate surface area is 109 Å². The number of likely N-dealkylation sites (N-methyl/N-ethyl adjacent to an activating group) is 1. The molecule has 18 heavy (non-hydrogen) atoms. The lowest BCUT2D eigenvalue weighted by molar-refractivity contribution is -0.117. The predicted octanol–water partition coefficient (Wildman–Crippen LogP) is 1.55. The molecule has 0 saturated carbocycles. The van der Waals surface area contributed by atoms with Crippen molar-refractivity contribution in [1.29, 1.82) is 0 Å². The first kappa shape index (κ1) is 14.7. The Bertz CT molecular complexity index is 416. The topological polar surface area (TPSA) is 52.6 Å². The maximum absolute atomic E-state index is 11.8. The van der Waals surface area contributed by atoms with Gasteiger partial charge in [0.05, 0.1) is 12.6 Å². The molecule has 0 aromatic heterocycles. The van der Waals surface area contributed by atoms with Crippen molar-refractivity contribution in [1.82, 2.24) is 4.90 Å². The van der Waals surface area contributed by atoms with Crippen LogP contribution in [0.5, 0.6) is 0 Å². The van der Waals surface area contributed by atoms with Gasteiger partial charge in [0.25, 0.3) is 0 Å². The zero-order valence-corrected chi connectivity index (χ0v) is 11.5. The smallest absolute Gasteiger partial charge is 0.238 e. The number of benzene rings is 1. The number of nitrogens with one attached hydrogen (secondary N) is 1. The molecule has 4 heteroatoms. The van der Waals surface area contributed by atoms with Crippen LogP contribution in [0.2, 0.25) is 0 Å². The van der Waals surface area contributed by atoms with Gasteiger partial charge < -0.3 is 10.4 Å². The minimum Gasteiger partial charge on any atom is -0.392 e. The molecule has 1 aromatic carbocycles. The third-order valence-corrected chi connectivity index (χ3v) is 2.65. The largest absolute Gasteiger partial charge is 0.392 e. The summed E-state index contributed by atoms with van der Waals surface area (Å²) in [4.78, 5) is 13.6. The number of anilines is 1. The fraction of sp³-hybridized carbons (Fsp3) is 0.500. The van der Waals surface area contributed by atoms with Crippen molar-refractivity contribution >= 4 is 11.6 Å². The number of rotatable bonds is 5. The van der Waals surface area contributed by atoms with Crippen LogP contribution >= 0.6 is 0 Å². The van der Waals surface area contributed by atoms with Crippen LogP contribution in [0.4, 0.5) is 5.69 Å². The Balaban J connectivity index is 2.54. The highest BCUT2D eigenvalue weighted by molar-refractivity contribution is 5.92. The summed E-state index contributed by atoms with van der Waals surface area (Å²) in [6.45, 7) is 6.47. The average Bonchev–Trinajstić information content (AvgIpc) is 2.20. The van der Waals surface area contributed by atoms with Crippen LogP contribution in [-0.4, -0.2) is 42.2 Å². The minimum absolute atomic E-state index is 0.0647. The van der Waals surface area contributed by atoms with Crippen molar-refractivity contribution in [3.63, 3.8) is 0 Å². The van der Waals surface area contributed by atoms with Gasteiger partial charge in [-0.1, -0.05) is 17.7 Å². The predicted molar refractivity (Wildman–Crippen MR) is 73.7 cm³/mol. The van der Waals surface area contributed by atoms with Crippen molar-refractivity contribution in [2.24, 2.45) is 0 Å². The van der Waals surface area contributed by atoms with E-state index in [1.54, 1.807) is 11.8 Å². The van der Waals surface area contributed by atoms with E-state index in [1.807, 2.05) is 39.1 Å². The summed E-state index contributed by atoms with van der Waals surface area (Å²) >= 11 is 0. The summed E-state index contributed by atoms with van der Waals surface area (Å²) in [5, 5.41) is 12.1. The van der Waals surface area contributed by atoms with Crippen molar-refractivity contribution < 1.29 is 9.90 Å². The third-order valence-electron chi connectivity index (χ3n) is 2.65. The number of nitrogens with zero attached hydrogens (tertiary/aromatic N) is 1. The number of carbonyl (C=O) groups excluding carboxylic acids is 1. The number of hydrogen-bond donors (Lipinski definition) is 2. The SMILES string of the molecule is Cc1ccc(NC(=O)CN(C)CC(C)O)c(C)c1. The fourth-order valence-corrected chi connectivity index (χ4v) is 1.90. The first-order valence-corrected chi connectivity index (χ1v) is 6.12. The van der Waals surface area contributed by atoms with E-state index in [0.717, 1.165) is 11.3 Å². The highest BCUT2D eigenvalue weighted by atomic mass is 16.3. The average molecular weight is 250 g/mol. The molecule has 4 nitrogen and oxygen atoms in total. The van der Waals surface area contributed by atoms with Gasteiger partial charge in [-0.3, -0.25) is 9.69 Å². The molecule has 1 rings (SSSR count). The highest BCUT2D eigenvalue weighted by Gasteiger charge is 2.09. The zero-order valence-electron chi connectivity index (χ0n) is 11.5. The highest BCUT2D eigenvalue weighted by Crippen LogP contribution is 2.15. The molecule has 0 radical (unpaired) electrons. The molecule has 0 bridgehead atoms. The molecule has 0 aliphatic heterocycles. The maximum atomic E-state index is 11.8. The quantitative estimate of drug-likeness (QED) is 0.833. The molecule has 2 N–H and O–H groups in total. The summed E-state index contributed by atoms with van der Waals surface area (Å²) in [5.41, 5.74) is 3.08. The second-order valence-corrected chi connectivity index (χ2v) is 4.91. The first-order chi connectivity index (χ1) is 8.38. The molecule has 0 aliphatic carbocycles. The number of aliphatic hydroxyl groups is 1. The number of aryl methyl sites for hydroxylation is 2. The molecule has 0 aliphatic rings. The van der Waals surface area contributed by atoms with Crippen LogP contribution in [0.15, 0.2) is 18.2 Å². The summed E-state index contributed by atoms with van der Waals surface area (Å²) in [5.74, 6) is -0.0647. The molecule has 1 aromatic rings. The molecule has 1 atom stereocenters. The summed E-state index contributed by atoms with van der Waals surface area (Å²) < 4.78 is 0. The van der Waals surface area contributed by atoms with Gasteiger partial charge >= 0.3 is 0 Å². The second kappa shape index (κ2) is 6.52. The van der Waals surface area contributed by atoms with E-state index < -0.39 is 6.10 Å². The first-order valence-electron chi connectivity index (χ1n) is 6.12. The van der Waals surface area contributed by atoms with Gasteiger partial charge in [-0.25, -0.2) is 0 Å². The van der Waals surface area contributed by atoms with Crippen molar-refractivity contribution in [3.8, 4) is 0 Å². The van der Waals surface area contributed by atoms with E-state index in [2.05, 4.69) is 5.32 Å². The van der Waals surface area contributed by atoms with Crippen LogP contribution in [0, 0.1) is 13.8 Å². The Kier molecular flexibility index (Phi) is 5.31. The van der Waals surface area contributed by atoms with Crippen molar-refractivity contribution in [2.75, 3.05) is 25.5 Å². The Morgan fingerprint density at radius 2 is 2.11 bits per heavy atom. The third kappa shape index (κ3) is 4.85. The van der Waals surface area contributed by atoms with Gasteiger partial charge in [-0.05, 0) is 39.4 Å². The Morgan fingerprint density at radius 1 is 1.44 bits per heavy atom. The molecular formula is C14H22N2O2. The van der Waals surface area contributed by atoms with Gasteiger partial charge in [0.15, 0.2) is 0 Å². The van der Waals surface area contributed by atoms with Gasteiger partial charge in [-0.2, -0.15) is 0 Å². The number of amides is 1. The van der Waals surface area contributed by atoms with Crippen molar-refractivity contribution in [3.05, 3.63) is 29.3 Å². The number of carbonyl (C=O) groups is 1. The van der Waals surface area contributed by atoms with E-state index >= 15 is 0 Å². The Hall–Kier alpha value is -1.39. The van der Waals surface area contributed by atoms with E-state index in [4.69, 9.17) is 0 Å². The lowest BCUT2D eigenvalue weighted by atomic mass is 10.1. The zero-order chi connectivity index (χ0) is 13.7. The van der Waals surface area contributed by atoms with Crippen LogP contribution < -0.4 is 5.32 Å². The van der Waals surface area contributed by atoms with E-state index in [1.165, 1.54) is 5.56 Å². The molecular weight excluding hydrogens is 228 g/mol. The van der Waals surface area contributed by atoms with Gasteiger partial charge in [0, 0.05) is 12.2 Å². The summed E-state index contributed by atoms with van der Waals surface area (Å²) in [7, 11) is 1.81. The van der Waals surface area contributed by atoms with Gasteiger partial charge in [-0.15, -0.1) is 0 Å². The molecule has 100 valence electrons. The Morgan fingerprint density at radius 3 is 2.67 bits per heavy atom. The van der Waals surface area contributed by atoms with Crippen LogP contribution in [0.25, 0.3) is 0 Å². The van der Waals surface area contributed by atoms with E-state index in [9.17, 15) is 9.90 Å². The molecule has 1 unspecified atom stereocenters. The lowest BCUT2D eigenvalue weighted by Crippen LogP contribution is -2.34. The summed E-state index contributed by atoms with van der Waals surface area (Å²) in [6.07, 6.45) is -0.427. The molecule has 0 saturated heterocycles.